The molecule has 0 saturated heterocycles. The largest absolute Gasteiger partial charge is 0.493 e. The number of amides is 1. The van der Waals surface area contributed by atoms with Gasteiger partial charge in [-0.2, -0.15) is 13.2 Å². The maximum absolute atomic E-state index is 12.5. The number of benzene rings is 2. The van der Waals surface area contributed by atoms with Crippen LogP contribution in [-0.2, 0) is 17.4 Å². The van der Waals surface area contributed by atoms with Gasteiger partial charge in [0.05, 0.1) is 19.8 Å². The van der Waals surface area contributed by atoms with Gasteiger partial charge in [-0.3, -0.25) is 4.79 Å². The highest BCUT2D eigenvalue weighted by Gasteiger charge is 2.30. The van der Waals surface area contributed by atoms with Crippen molar-refractivity contribution >= 4 is 5.91 Å². The summed E-state index contributed by atoms with van der Waals surface area (Å²) in [5.41, 5.74) is 0.0357. The number of para-hydroxylation sites is 1. The van der Waals surface area contributed by atoms with Crippen LogP contribution in [0.5, 0.6) is 17.2 Å². The SMILES string of the molecule is COc1cccc(CCC(=O)NCC(O)COc2ccc(C(F)(F)F)cc2)c1OC. The number of carbonyl (C=O) groups excluding carboxylic acids is 1. The summed E-state index contributed by atoms with van der Waals surface area (Å²) in [4.78, 5) is 12.0. The Bertz CT molecular complexity index is 824. The fraction of sp³-hybridized carbons (Fsp3) is 0.381. The number of aryl methyl sites for hydroxylation is 1. The van der Waals surface area contributed by atoms with Crippen molar-refractivity contribution in [3.05, 3.63) is 53.6 Å². The molecule has 164 valence electrons. The molecule has 1 amide bonds. The molecular weight excluding hydrogens is 403 g/mol. The first-order valence-electron chi connectivity index (χ1n) is 9.19. The molecule has 2 rings (SSSR count). The monoisotopic (exact) mass is 427 g/mol. The summed E-state index contributed by atoms with van der Waals surface area (Å²) in [5.74, 6) is 1.07. The van der Waals surface area contributed by atoms with Crippen molar-refractivity contribution in [2.24, 2.45) is 0 Å². The highest BCUT2D eigenvalue weighted by molar-refractivity contribution is 5.76. The molecule has 2 aromatic rings. The Morgan fingerprint density at radius 1 is 1.10 bits per heavy atom. The van der Waals surface area contributed by atoms with Crippen molar-refractivity contribution in [2.45, 2.75) is 25.1 Å². The molecule has 0 fully saturated rings. The molecule has 2 N–H and O–H groups in total. The number of hydrogen-bond donors (Lipinski definition) is 2. The van der Waals surface area contributed by atoms with Crippen molar-refractivity contribution in [1.82, 2.24) is 5.32 Å². The molecule has 0 aliphatic rings. The molecule has 0 heterocycles. The van der Waals surface area contributed by atoms with Crippen LogP contribution in [0.1, 0.15) is 17.5 Å². The van der Waals surface area contributed by atoms with Gasteiger partial charge in [-0.25, -0.2) is 0 Å². The topological polar surface area (TPSA) is 77.0 Å². The van der Waals surface area contributed by atoms with E-state index in [1.807, 2.05) is 6.07 Å². The second-order valence-corrected chi connectivity index (χ2v) is 6.44. The van der Waals surface area contributed by atoms with Gasteiger partial charge in [0.2, 0.25) is 5.91 Å². The lowest BCUT2D eigenvalue weighted by molar-refractivity contribution is -0.137. The van der Waals surface area contributed by atoms with Gasteiger partial charge in [0.15, 0.2) is 11.5 Å². The molecular formula is C21H24F3NO5. The van der Waals surface area contributed by atoms with Crippen LogP contribution in [0.2, 0.25) is 0 Å². The third-order valence-electron chi connectivity index (χ3n) is 4.26. The Balaban J connectivity index is 1.74. The van der Waals surface area contributed by atoms with E-state index in [1.165, 1.54) is 26.4 Å². The van der Waals surface area contributed by atoms with Gasteiger partial charge >= 0.3 is 6.18 Å². The summed E-state index contributed by atoms with van der Waals surface area (Å²) in [6.07, 6.45) is -4.83. The van der Waals surface area contributed by atoms with Crippen LogP contribution in [-0.4, -0.2) is 44.5 Å². The quantitative estimate of drug-likeness (QED) is 0.609. The predicted octanol–water partition coefficient (Wildman–Crippen LogP) is 3.21. The normalized spacial score (nSPS) is 12.2. The summed E-state index contributed by atoms with van der Waals surface area (Å²) in [6.45, 7) is -0.218. The number of methoxy groups -OCH3 is 2. The first-order chi connectivity index (χ1) is 14.2. The van der Waals surface area contributed by atoms with Gasteiger partial charge in [0, 0.05) is 13.0 Å². The fourth-order valence-corrected chi connectivity index (χ4v) is 2.71. The molecule has 9 heteroatoms. The van der Waals surface area contributed by atoms with E-state index in [9.17, 15) is 23.1 Å². The average molecular weight is 427 g/mol. The van der Waals surface area contributed by atoms with Crippen LogP contribution >= 0.6 is 0 Å². The summed E-state index contributed by atoms with van der Waals surface area (Å²) in [7, 11) is 3.05. The lowest BCUT2D eigenvalue weighted by Gasteiger charge is -2.15. The Hall–Kier alpha value is -2.94. The number of alkyl halides is 3. The number of rotatable bonds is 10. The maximum Gasteiger partial charge on any atom is 0.416 e. The number of nitrogens with one attached hydrogen (secondary N) is 1. The Morgan fingerprint density at radius 2 is 1.80 bits per heavy atom. The minimum atomic E-state index is -4.42. The van der Waals surface area contributed by atoms with E-state index in [2.05, 4.69) is 5.32 Å². The smallest absolute Gasteiger partial charge is 0.416 e. The zero-order chi connectivity index (χ0) is 22.1. The highest BCUT2D eigenvalue weighted by Crippen LogP contribution is 2.31. The Labute approximate surface area is 172 Å². The van der Waals surface area contributed by atoms with Crippen LogP contribution in [0.3, 0.4) is 0 Å². The van der Waals surface area contributed by atoms with Crippen LogP contribution < -0.4 is 19.5 Å². The van der Waals surface area contributed by atoms with E-state index in [-0.39, 0.29) is 31.2 Å². The fourth-order valence-electron chi connectivity index (χ4n) is 2.71. The Morgan fingerprint density at radius 3 is 2.40 bits per heavy atom. The van der Waals surface area contributed by atoms with E-state index in [0.717, 1.165) is 17.7 Å². The average Bonchev–Trinajstić information content (AvgIpc) is 2.73. The van der Waals surface area contributed by atoms with E-state index < -0.39 is 17.8 Å². The first kappa shape index (κ1) is 23.3. The predicted molar refractivity (Wildman–Crippen MR) is 104 cm³/mol. The molecule has 2 aromatic carbocycles. The van der Waals surface area contributed by atoms with Gasteiger partial charge in [-0.05, 0) is 42.3 Å². The molecule has 6 nitrogen and oxygen atoms in total. The van der Waals surface area contributed by atoms with Gasteiger partial charge in [0.1, 0.15) is 18.5 Å². The number of aliphatic hydroxyl groups is 1. The molecule has 1 unspecified atom stereocenters. The van der Waals surface area contributed by atoms with E-state index >= 15 is 0 Å². The van der Waals surface area contributed by atoms with Gasteiger partial charge in [-0.1, -0.05) is 12.1 Å². The first-order valence-corrected chi connectivity index (χ1v) is 9.19. The summed E-state index contributed by atoms with van der Waals surface area (Å²) < 4.78 is 53.4. The molecule has 0 radical (unpaired) electrons. The molecule has 1 atom stereocenters. The van der Waals surface area contributed by atoms with Gasteiger partial charge in [0.25, 0.3) is 0 Å². The van der Waals surface area contributed by atoms with E-state index in [4.69, 9.17) is 14.2 Å². The van der Waals surface area contributed by atoms with E-state index in [0.29, 0.717) is 17.9 Å². The van der Waals surface area contributed by atoms with Crippen LogP contribution in [0.4, 0.5) is 13.2 Å². The molecule has 0 aromatic heterocycles. The maximum atomic E-state index is 12.5. The molecule has 0 spiro atoms. The van der Waals surface area contributed by atoms with Gasteiger partial charge in [-0.15, -0.1) is 0 Å². The third-order valence-corrected chi connectivity index (χ3v) is 4.26. The van der Waals surface area contributed by atoms with Crippen molar-refractivity contribution in [2.75, 3.05) is 27.4 Å². The van der Waals surface area contributed by atoms with Crippen LogP contribution in [0.25, 0.3) is 0 Å². The van der Waals surface area contributed by atoms with Crippen LogP contribution in [0.15, 0.2) is 42.5 Å². The zero-order valence-electron chi connectivity index (χ0n) is 16.7. The lowest BCUT2D eigenvalue weighted by atomic mass is 10.1. The van der Waals surface area contributed by atoms with Crippen molar-refractivity contribution in [3.8, 4) is 17.2 Å². The minimum absolute atomic E-state index is 0.0469. The van der Waals surface area contributed by atoms with Crippen molar-refractivity contribution in [1.29, 1.82) is 0 Å². The molecule has 0 aliphatic heterocycles. The summed E-state index contributed by atoms with van der Waals surface area (Å²) in [5, 5.41) is 12.5. The number of ether oxygens (including phenoxy) is 3. The summed E-state index contributed by atoms with van der Waals surface area (Å²) in [6, 6.07) is 9.55. The second-order valence-electron chi connectivity index (χ2n) is 6.44. The van der Waals surface area contributed by atoms with Crippen LogP contribution in [0, 0.1) is 0 Å². The van der Waals surface area contributed by atoms with E-state index in [1.54, 1.807) is 12.1 Å². The highest BCUT2D eigenvalue weighted by atomic mass is 19.4. The molecule has 0 aliphatic carbocycles. The molecule has 30 heavy (non-hydrogen) atoms. The zero-order valence-corrected chi connectivity index (χ0v) is 16.7. The number of carbonyl (C=O) groups is 1. The molecule has 0 bridgehead atoms. The second kappa shape index (κ2) is 10.7. The van der Waals surface area contributed by atoms with Crippen molar-refractivity contribution in [3.63, 3.8) is 0 Å². The molecule has 0 saturated carbocycles. The minimum Gasteiger partial charge on any atom is -0.493 e. The number of halogens is 3. The standard InChI is InChI=1S/C21H24F3NO5/c1-28-18-5-3-4-14(20(18)29-2)6-11-19(27)25-12-16(26)13-30-17-9-7-15(8-10-17)21(22,23)24/h3-5,7-10,16,26H,6,11-13H2,1-2H3,(H,25,27). The van der Waals surface area contributed by atoms with Crippen molar-refractivity contribution < 1.29 is 37.3 Å². The Kier molecular flexibility index (Phi) is 8.35. The number of aliphatic hydroxyl groups excluding tert-OH is 1. The van der Waals surface area contributed by atoms with Gasteiger partial charge < -0.3 is 24.6 Å². The third kappa shape index (κ3) is 6.84. The summed E-state index contributed by atoms with van der Waals surface area (Å²) >= 11 is 0. The number of hydrogen-bond acceptors (Lipinski definition) is 5. The lowest BCUT2D eigenvalue weighted by Crippen LogP contribution is -2.35.